The molecular formula is C22H24N2O. The molecule has 3 nitrogen and oxygen atoms in total. The Balaban J connectivity index is 1.51. The largest absolute Gasteiger partial charge is 0.390 e. The van der Waals surface area contributed by atoms with Crippen LogP contribution in [0, 0.1) is 0 Å². The number of benzene rings is 2. The van der Waals surface area contributed by atoms with E-state index in [1.807, 2.05) is 18.2 Å². The van der Waals surface area contributed by atoms with Gasteiger partial charge >= 0.3 is 0 Å². The molecule has 0 amide bonds. The summed E-state index contributed by atoms with van der Waals surface area (Å²) >= 11 is 0. The molecule has 2 N–H and O–H groups in total. The Kier molecular flexibility index (Phi) is 4.68. The van der Waals surface area contributed by atoms with Gasteiger partial charge in [-0.05, 0) is 24.5 Å². The lowest BCUT2D eigenvalue weighted by Crippen LogP contribution is -2.36. The highest BCUT2D eigenvalue weighted by molar-refractivity contribution is 5.82. The van der Waals surface area contributed by atoms with Gasteiger partial charge in [0.05, 0.1) is 12.6 Å². The summed E-state index contributed by atoms with van der Waals surface area (Å²) < 4.78 is 2.27. The SMILES string of the molecule is OC(CNCc1ccccc1)Cn1c2c(c3ccccc31)=CCCC=2. The highest BCUT2D eigenvalue weighted by Crippen LogP contribution is 2.11. The van der Waals surface area contributed by atoms with Gasteiger partial charge in [-0.3, -0.25) is 0 Å². The number of hydrogen-bond donors (Lipinski definition) is 2. The van der Waals surface area contributed by atoms with Crippen LogP contribution in [0.1, 0.15) is 18.4 Å². The Morgan fingerprint density at radius 1 is 0.960 bits per heavy atom. The molecule has 3 aromatic rings. The summed E-state index contributed by atoms with van der Waals surface area (Å²) in [4.78, 5) is 0. The minimum atomic E-state index is -0.418. The molecule has 1 unspecified atom stereocenters. The maximum Gasteiger partial charge on any atom is 0.0843 e. The van der Waals surface area contributed by atoms with Crippen molar-refractivity contribution in [1.82, 2.24) is 9.88 Å². The molecular weight excluding hydrogens is 308 g/mol. The molecule has 1 aliphatic rings. The Bertz CT molecular complexity index is 972. The molecule has 25 heavy (non-hydrogen) atoms. The van der Waals surface area contributed by atoms with Crippen molar-refractivity contribution < 1.29 is 5.11 Å². The van der Waals surface area contributed by atoms with Crippen LogP contribution in [-0.2, 0) is 13.1 Å². The van der Waals surface area contributed by atoms with Crippen molar-refractivity contribution in [1.29, 1.82) is 0 Å². The normalized spacial score (nSPS) is 14.6. The molecule has 0 radical (unpaired) electrons. The first-order valence-corrected chi connectivity index (χ1v) is 9.03. The van der Waals surface area contributed by atoms with E-state index < -0.39 is 6.10 Å². The van der Waals surface area contributed by atoms with E-state index in [1.54, 1.807) is 0 Å². The number of para-hydroxylation sites is 1. The van der Waals surface area contributed by atoms with E-state index in [0.717, 1.165) is 19.4 Å². The van der Waals surface area contributed by atoms with Gasteiger partial charge in [0.15, 0.2) is 0 Å². The molecule has 4 rings (SSSR count). The van der Waals surface area contributed by atoms with Crippen LogP contribution in [0.2, 0.25) is 0 Å². The van der Waals surface area contributed by atoms with Gasteiger partial charge in [0.1, 0.15) is 0 Å². The van der Waals surface area contributed by atoms with E-state index in [1.165, 1.54) is 27.0 Å². The van der Waals surface area contributed by atoms with Crippen LogP contribution >= 0.6 is 0 Å². The van der Waals surface area contributed by atoms with E-state index in [4.69, 9.17) is 0 Å². The van der Waals surface area contributed by atoms with Crippen molar-refractivity contribution in [3.05, 3.63) is 70.7 Å². The molecule has 0 saturated carbocycles. The van der Waals surface area contributed by atoms with Crippen molar-refractivity contribution in [2.75, 3.05) is 6.54 Å². The van der Waals surface area contributed by atoms with Crippen molar-refractivity contribution in [2.24, 2.45) is 0 Å². The zero-order valence-corrected chi connectivity index (χ0v) is 14.4. The number of aliphatic hydroxyl groups excluding tert-OH is 1. The van der Waals surface area contributed by atoms with Crippen LogP contribution in [0.5, 0.6) is 0 Å². The Labute approximate surface area is 147 Å². The smallest absolute Gasteiger partial charge is 0.0843 e. The second-order valence-electron chi connectivity index (χ2n) is 6.68. The third-order valence-corrected chi connectivity index (χ3v) is 4.85. The average Bonchev–Trinajstić information content (AvgIpc) is 2.97. The summed E-state index contributed by atoms with van der Waals surface area (Å²) in [6.07, 6.45) is 6.39. The van der Waals surface area contributed by atoms with Gasteiger partial charge in [0.25, 0.3) is 0 Å². The predicted octanol–water partition coefficient (Wildman–Crippen LogP) is 2.15. The molecule has 0 spiro atoms. The second-order valence-corrected chi connectivity index (χ2v) is 6.68. The Hall–Kier alpha value is -2.36. The van der Waals surface area contributed by atoms with Crippen LogP contribution < -0.4 is 15.9 Å². The summed E-state index contributed by atoms with van der Waals surface area (Å²) in [5, 5.41) is 17.8. The van der Waals surface area contributed by atoms with Crippen molar-refractivity contribution in [2.45, 2.75) is 32.0 Å². The zero-order chi connectivity index (χ0) is 17.1. The lowest BCUT2D eigenvalue weighted by atomic mass is 10.1. The zero-order valence-electron chi connectivity index (χ0n) is 14.4. The lowest BCUT2D eigenvalue weighted by Gasteiger charge is -2.15. The van der Waals surface area contributed by atoms with Gasteiger partial charge < -0.3 is 15.0 Å². The highest BCUT2D eigenvalue weighted by Gasteiger charge is 2.12. The van der Waals surface area contributed by atoms with Crippen LogP contribution in [0.3, 0.4) is 0 Å². The maximum absolute atomic E-state index is 10.6. The third kappa shape index (κ3) is 3.39. The fourth-order valence-electron chi connectivity index (χ4n) is 3.68. The van der Waals surface area contributed by atoms with E-state index in [2.05, 4.69) is 58.4 Å². The fourth-order valence-corrected chi connectivity index (χ4v) is 3.68. The number of nitrogens with zero attached hydrogens (tertiary/aromatic N) is 1. The number of rotatable bonds is 6. The maximum atomic E-state index is 10.6. The summed E-state index contributed by atoms with van der Waals surface area (Å²) in [5.74, 6) is 0. The topological polar surface area (TPSA) is 37.2 Å². The average molecular weight is 332 g/mol. The van der Waals surface area contributed by atoms with E-state index in [-0.39, 0.29) is 0 Å². The third-order valence-electron chi connectivity index (χ3n) is 4.85. The molecule has 1 aromatic heterocycles. The second kappa shape index (κ2) is 7.26. The van der Waals surface area contributed by atoms with Crippen molar-refractivity contribution in [3.63, 3.8) is 0 Å². The molecule has 128 valence electrons. The first-order valence-electron chi connectivity index (χ1n) is 9.03. The number of aliphatic hydroxyl groups is 1. The predicted molar refractivity (Wildman–Crippen MR) is 104 cm³/mol. The monoisotopic (exact) mass is 332 g/mol. The van der Waals surface area contributed by atoms with E-state index in [9.17, 15) is 5.11 Å². The summed E-state index contributed by atoms with van der Waals surface area (Å²) in [7, 11) is 0. The molecule has 0 bridgehead atoms. The van der Waals surface area contributed by atoms with Gasteiger partial charge in [-0.2, -0.15) is 0 Å². The molecule has 0 fully saturated rings. The van der Waals surface area contributed by atoms with E-state index >= 15 is 0 Å². The molecule has 1 atom stereocenters. The molecule has 1 aliphatic carbocycles. The summed E-state index contributed by atoms with van der Waals surface area (Å²) in [6, 6.07) is 18.8. The molecule has 1 heterocycles. The minimum Gasteiger partial charge on any atom is -0.390 e. The Morgan fingerprint density at radius 2 is 1.72 bits per heavy atom. The fraction of sp³-hybridized carbons (Fsp3) is 0.273. The number of aromatic nitrogens is 1. The number of hydrogen-bond acceptors (Lipinski definition) is 2. The molecule has 0 aliphatic heterocycles. The van der Waals surface area contributed by atoms with Gasteiger partial charge in [0.2, 0.25) is 0 Å². The first-order chi connectivity index (χ1) is 12.3. The van der Waals surface area contributed by atoms with E-state index in [0.29, 0.717) is 13.1 Å². The van der Waals surface area contributed by atoms with Crippen LogP contribution in [0.15, 0.2) is 54.6 Å². The lowest BCUT2D eigenvalue weighted by molar-refractivity contribution is 0.151. The minimum absolute atomic E-state index is 0.418. The summed E-state index contributed by atoms with van der Waals surface area (Å²) in [6.45, 7) is 1.98. The first kappa shape index (κ1) is 16.1. The van der Waals surface area contributed by atoms with Gasteiger partial charge in [0, 0.05) is 34.6 Å². The van der Waals surface area contributed by atoms with Gasteiger partial charge in [-0.25, -0.2) is 0 Å². The van der Waals surface area contributed by atoms with Gasteiger partial charge in [-0.15, -0.1) is 0 Å². The molecule has 0 saturated heterocycles. The van der Waals surface area contributed by atoms with Crippen LogP contribution in [0.25, 0.3) is 23.1 Å². The number of fused-ring (bicyclic) bond motifs is 3. The van der Waals surface area contributed by atoms with Crippen LogP contribution in [0.4, 0.5) is 0 Å². The molecule has 3 heteroatoms. The van der Waals surface area contributed by atoms with Crippen LogP contribution in [-0.4, -0.2) is 22.3 Å². The summed E-state index contributed by atoms with van der Waals surface area (Å²) in [5.41, 5.74) is 2.45. The number of nitrogens with one attached hydrogen (secondary N) is 1. The quantitative estimate of drug-likeness (QED) is 0.726. The highest BCUT2D eigenvalue weighted by atomic mass is 16.3. The van der Waals surface area contributed by atoms with Crippen molar-refractivity contribution in [3.8, 4) is 0 Å². The van der Waals surface area contributed by atoms with Gasteiger partial charge in [-0.1, -0.05) is 60.7 Å². The Morgan fingerprint density at radius 3 is 2.60 bits per heavy atom. The van der Waals surface area contributed by atoms with Crippen molar-refractivity contribution >= 4 is 23.1 Å². The molecule has 2 aromatic carbocycles. The standard InChI is InChI=1S/C22H24N2O/c25-18(15-23-14-17-8-2-1-3-9-17)16-24-21-12-6-4-10-19(21)20-11-5-7-13-22(20)24/h1-4,6,8-13,18,23,25H,5,7,14-16H2.